The highest BCUT2D eigenvalue weighted by Gasteiger charge is 2.05. The van der Waals surface area contributed by atoms with Crippen LogP contribution >= 0.6 is 0 Å². The highest BCUT2D eigenvalue weighted by Crippen LogP contribution is 2.20. The van der Waals surface area contributed by atoms with Gasteiger partial charge in [0.2, 0.25) is 5.95 Å². The van der Waals surface area contributed by atoms with Gasteiger partial charge in [0.1, 0.15) is 0 Å². The first kappa shape index (κ1) is 15.9. The Hall–Kier alpha value is -2.95. The lowest BCUT2D eigenvalue weighted by atomic mass is 10.1. The number of hydrogen-bond donors (Lipinski definition) is 2. The van der Waals surface area contributed by atoms with Crippen molar-refractivity contribution in [3.8, 4) is 0 Å². The minimum atomic E-state index is 0.485. The van der Waals surface area contributed by atoms with Crippen molar-refractivity contribution in [1.82, 2.24) is 15.2 Å². The van der Waals surface area contributed by atoms with Crippen LogP contribution in [0.3, 0.4) is 0 Å². The van der Waals surface area contributed by atoms with Gasteiger partial charge in [0, 0.05) is 12.2 Å². The van der Waals surface area contributed by atoms with Crippen molar-refractivity contribution in [2.24, 2.45) is 0 Å². The molecule has 0 saturated carbocycles. The molecule has 0 atom stereocenters. The fraction of sp³-hybridized carbons (Fsp3) is 0.211. The summed E-state index contributed by atoms with van der Waals surface area (Å²) in [5.41, 5.74) is 5.81. The van der Waals surface area contributed by atoms with Crippen molar-refractivity contribution in [2.75, 3.05) is 10.6 Å². The summed E-state index contributed by atoms with van der Waals surface area (Å²) in [6, 6.07) is 14.5. The molecule has 0 aliphatic carbocycles. The van der Waals surface area contributed by atoms with Crippen molar-refractivity contribution in [1.29, 1.82) is 0 Å². The smallest absolute Gasteiger partial charge is 0.249 e. The van der Waals surface area contributed by atoms with Gasteiger partial charge in [-0.25, -0.2) is 0 Å². The molecule has 24 heavy (non-hydrogen) atoms. The Balaban J connectivity index is 1.72. The van der Waals surface area contributed by atoms with Crippen LogP contribution in [-0.2, 0) is 6.54 Å². The maximum Gasteiger partial charge on any atom is 0.249 e. The van der Waals surface area contributed by atoms with E-state index in [1.165, 1.54) is 16.7 Å². The average Bonchev–Trinajstić information content (AvgIpc) is 2.58. The molecule has 3 rings (SSSR count). The molecule has 0 aliphatic heterocycles. The zero-order valence-corrected chi connectivity index (χ0v) is 14.2. The topological polar surface area (TPSA) is 62.7 Å². The van der Waals surface area contributed by atoms with E-state index in [0.717, 1.165) is 11.3 Å². The van der Waals surface area contributed by atoms with Crippen molar-refractivity contribution in [3.63, 3.8) is 0 Å². The van der Waals surface area contributed by atoms with Gasteiger partial charge in [0.25, 0.3) is 0 Å². The maximum atomic E-state index is 4.49. The van der Waals surface area contributed by atoms with Gasteiger partial charge in [-0.3, -0.25) is 0 Å². The summed E-state index contributed by atoms with van der Waals surface area (Å²) in [6.45, 7) is 6.91. The molecule has 5 heteroatoms. The highest BCUT2D eigenvalue weighted by atomic mass is 15.3. The molecule has 3 aromatic rings. The number of aryl methyl sites for hydroxylation is 3. The highest BCUT2D eigenvalue weighted by molar-refractivity contribution is 5.59. The quantitative estimate of drug-likeness (QED) is 0.739. The molecule has 1 heterocycles. The fourth-order valence-electron chi connectivity index (χ4n) is 2.43. The van der Waals surface area contributed by atoms with Crippen LogP contribution in [0.5, 0.6) is 0 Å². The molecule has 0 saturated heterocycles. The molecular formula is C19H21N5. The molecule has 0 amide bonds. The molecule has 122 valence electrons. The van der Waals surface area contributed by atoms with E-state index in [-0.39, 0.29) is 0 Å². The van der Waals surface area contributed by atoms with E-state index in [4.69, 9.17) is 0 Å². The van der Waals surface area contributed by atoms with Gasteiger partial charge in [0.15, 0.2) is 5.82 Å². The van der Waals surface area contributed by atoms with E-state index >= 15 is 0 Å². The van der Waals surface area contributed by atoms with Crippen molar-refractivity contribution in [3.05, 3.63) is 70.9 Å². The lowest BCUT2D eigenvalue weighted by Crippen LogP contribution is -2.06. The standard InChI is InChI=1S/C19H21N5/c1-13-8-9-15(3)17(10-13)22-19-23-18(12-21-24-19)20-11-16-7-5-4-6-14(16)2/h4-10,12H,11H2,1-3H3,(H2,20,22,23,24). The Bertz CT molecular complexity index is 845. The Morgan fingerprint density at radius 1 is 0.958 bits per heavy atom. The molecule has 0 radical (unpaired) electrons. The van der Waals surface area contributed by atoms with Crippen LogP contribution < -0.4 is 10.6 Å². The minimum Gasteiger partial charge on any atom is -0.365 e. The van der Waals surface area contributed by atoms with Gasteiger partial charge < -0.3 is 10.6 Å². The van der Waals surface area contributed by atoms with Gasteiger partial charge in [-0.05, 0) is 49.1 Å². The summed E-state index contributed by atoms with van der Waals surface area (Å²) in [4.78, 5) is 4.49. The third kappa shape index (κ3) is 3.87. The summed E-state index contributed by atoms with van der Waals surface area (Å²) in [7, 11) is 0. The molecule has 2 aromatic carbocycles. The van der Waals surface area contributed by atoms with Gasteiger partial charge in [-0.2, -0.15) is 10.1 Å². The van der Waals surface area contributed by atoms with Crippen molar-refractivity contribution < 1.29 is 0 Å². The molecule has 0 spiro atoms. The summed E-state index contributed by atoms with van der Waals surface area (Å²) in [5.74, 6) is 1.18. The van der Waals surface area contributed by atoms with E-state index in [1.54, 1.807) is 6.20 Å². The Morgan fingerprint density at radius 2 is 1.79 bits per heavy atom. The van der Waals surface area contributed by atoms with Gasteiger partial charge in [0.05, 0.1) is 6.20 Å². The summed E-state index contributed by atoms with van der Waals surface area (Å²) >= 11 is 0. The molecular weight excluding hydrogens is 298 g/mol. The molecule has 1 aromatic heterocycles. The summed E-state index contributed by atoms with van der Waals surface area (Å²) in [6.07, 6.45) is 1.63. The number of anilines is 3. The SMILES string of the molecule is Cc1ccc(C)c(Nc2nncc(NCc3ccccc3C)n2)c1. The van der Waals surface area contributed by atoms with Crippen LogP contribution in [-0.4, -0.2) is 15.2 Å². The molecule has 0 fully saturated rings. The number of aromatic nitrogens is 3. The van der Waals surface area contributed by atoms with Crippen LogP contribution in [0, 0.1) is 20.8 Å². The van der Waals surface area contributed by atoms with Crippen LogP contribution in [0.2, 0.25) is 0 Å². The predicted octanol–water partition coefficient (Wildman–Crippen LogP) is 4.15. The lowest BCUT2D eigenvalue weighted by molar-refractivity contribution is 0.963. The van der Waals surface area contributed by atoms with Crippen molar-refractivity contribution in [2.45, 2.75) is 27.3 Å². The van der Waals surface area contributed by atoms with E-state index in [1.807, 2.05) is 12.1 Å². The third-order valence-corrected chi connectivity index (χ3v) is 3.92. The number of benzene rings is 2. The van der Waals surface area contributed by atoms with Gasteiger partial charge >= 0.3 is 0 Å². The maximum absolute atomic E-state index is 4.49. The Kier molecular flexibility index (Phi) is 4.70. The predicted molar refractivity (Wildman–Crippen MR) is 97.5 cm³/mol. The second kappa shape index (κ2) is 7.08. The van der Waals surface area contributed by atoms with Crippen LogP contribution in [0.1, 0.15) is 22.3 Å². The number of hydrogen-bond acceptors (Lipinski definition) is 5. The molecule has 0 aliphatic rings. The lowest BCUT2D eigenvalue weighted by Gasteiger charge is -2.11. The van der Waals surface area contributed by atoms with Gasteiger partial charge in [-0.15, -0.1) is 5.10 Å². The Morgan fingerprint density at radius 3 is 2.62 bits per heavy atom. The molecule has 5 nitrogen and oxygen atoms in total. The average molecular weight is 319 g/mol. The fourth-order valence-corrected chi connectivity index (χ4v) is 2.43. The van der Waals surface area contributed by atoms with Crippen LogP contribution in [0.4, 0.5) is 17.5 Å². The largest absolute Gasteiger partial charge is 0.365 e. The van der Waals surface area contributed by atoms with E-state index in [2.05, 4.69) is 76.9 Å². The zero-order valence-electron chi connectivity index (χ0n) is 14.2. The monoisotopic (exact) mass is 319 g/mol. The zero-order chi connectivity index (χ0) is 16.9. The number of nitrogens with one attached hydrogen (secondary N) is 2. The summed E-state index contributed by atoms with van der Waals surface area (Å²) in [5, 5.41) is 14.6. The van der Waals surface area contributed by atoms with E-state index < -0.39 is 0 Å². The van der Waals surface area contributed by atoms with Crippen molar-refractivity contribution >= 4 is 17.5 Å². The first-order chi connectivity index (χ1) is 11.6. The first-order valence-electron chi connectivity index (χ1n) is 7.94. The summed E-state index contributed by atoms with van der Waals surface area (Å²) < 4.78 is 0. The minimum absolute atomic E-state index is 0.485. The second-order valence-electron chi connectivity index (χ2n) is 5.89. The van der Waals surface area contributed by atoms with E-state index in [9.17, 15) is 0 Å². The van der Waals surface area contributed by atoms with Crippen LogP contribution in [0.15, 0.2) is 48.7 Å². The second-order valence-corrected chi connectivity index (χ2v) is 5.89. The van der Waals surface area contributed by atoms with Crippen LogP contribution in [0.25, 0.3) is 0 Å². The third-order valence-electron chi connectivity index (χ3n) is 3.92. The number of nitrogens with zero attached hydrogens (tertiary/aromatic N) is 3. The normalized spacial score (nSPS) is 10.5. The molecule has 2 N–H and O–H groups in total. The molecule has 0 unspecified atom stereocenters. The first-order valence-corrected chi connectivity index (χ1v) is 7.94. The van der Waals surface area contributed by atoms with E-state index in [0.29, 0.717) is 18.3 Å². The molecule has 0 bridgehead atoms. The van der Waals surface area contributed by atoms with Gasteiger partial charge in [-0.1, -0.05) is 36.4 Å². The Labute approximate surface area is 142 Å². The number of rotatable bonds is 5.